The molecule has 0 radical (unpaired) electrons. The number of anilines is 1. The Bertz CT molecular complexity index is 2200. The van der Waals surface area contributed by atoms with Crippen molar-refractivity contribution in [1.29, 1.82) is 0 Å². The van der Waals surface area contributed by atoms with Crippen molar-refractivity contribution in [2.24, 2.45) is 17.8 Å². The lowest BCUT2D eigenvalue weighted by Gasteiger charge is -2.68. The molecule has 14 atom stereocenters. The van der Waals surface area contributed by atoms with E-state index in [9.17, 15) is 0 Å². The van der Waals surface area contributed by atoms with E-state index in [1.54, 1.807) is 17.1 Å². The number of hydrogen-bond acceptors (Lipinski definition) is 6. The standard InChI is InChI=1S/C51H59BN6/c1-3-13-30(14-4-1)27-36-33-19-12-25-54-46(33)43-35-18-11-20-37-48(35)57(49(36)43)41-28-31(39-21-9-10-24-53-39)29-42-45(41)52(37)38-23-26-55-47-44-34-17-7-8-22-40(34)56(32-15-5-2-6-16-32)51(44)58(42)50(38)47/h1-6,9-10,13-16,21,24,27,31,33-35,37-38,40-42,45-48,50,54-55H,7-8,11-12,17-20,22-23,25-26,28-29H2/b36-27-. The first-order valence-corrected chi connectivity index (χ1v) is 23.9. The van der Waals surface area contributed by atoms with Gasteiger partial charge in [-0.05, 0) is 135 Å². The molecular formula is C51H59BN6. The van der Waals surface area contributed by atoms with Crippen LogP contribution in [0.3, 0.4) is 0 Å². The van der Waals surface area contributed by atoms with E-state index < -0.39 is 0 Å². The normalized spacial score (nSPS) is 42.2. The van der Waals surface area contributed by atoms with Gasteiger partial charge in [-0.25, -0.2) is 0 Å². The number of benzene rings is 2. The fraction of sp³-hybridized carbons (Fsp3) is 0.549. The van der Waals surface area contributed by atoms with E-state index in [-0.39, 0.29) is 0 Å². The van der Waals surface area contributed by atoms with Crippen molar-refractivity contribution in [2.45, 2.75) is 143 Å². The van der Waals surface area contributed by atoms with Gasteiger partial charge in [0.15, 0.2) is 6.71 Å². The quantitative estimate of drug-likeness (QED) is 0.260. The van der Waals surface area contributed by atoms with E-state index >= 15 is 0 Å². The van der Waals surface area contributed by atoms with Gasteiger partial charge in [0.2, 0.25) is 0 Å². The highest BCUT2D eigenvalue weighted by atomic mass is 15.4. The molecule has 3 aromatic rings. The Balaban J connectivity index is 0.973. The zero-order valence-corrected chi connectivity index (χ0v) is 34.0. The lowest BCUT2D eigenvalue weighted by Crippen LogP contribution is -2.74. The van der Waals surface area contributed by atoms with Gasteiger partial charge in [-0.15, -0.1) is 0 Å². The van der Waals surface area contributed by atoms with Crippen LogP contribution in [0.15, 0.2) is 113 Å². The Hall–Kier alpha value is -3.81. The van der Waals surface area contributed by atoms with Crippen molar-refractivity contribution in [3.8, 4) is 0 Å². The van der Waals surface area contributed by atoms with Gasteiger partial charge in [-0.2, -0.15) is 0 Å². The lowest BCUT2D eigenvalue weighted by molar-refractivity contribution is 0.0154. The molecule has 0 spiro atoms. The summed E-state index contributed by atoms with van der Waals surface area (Å²) >= 11 is 0. The predicted molar refractivity (Wildman–Crippen MR) is 233 cm³/mol. The maximum absolute atomic E-state index is 5.21. The van der Waals surface area contributed by atoms with E-state index in [0.29, 0.717) is 71.8 Å². The summed E-state index contributed by atoms with van der Waals surface area (Å²) < 4.78 is 0. The SMILES string of the molecule is C(=C1/C2=C(C3CCCC4B5C6CCNC7C8=C(N(c9ccccc9)C9CCCCC89)N(C8CC(c9ccccn9)CC(C58)N2C43)C67)C2NCCCC12)/c1ccccc1. The monoisotopic (exact) mass is 766 g/mol. The van der Waals surface area contributed by atoms with Crippen LogP contribution in [-0.4, -0.2) is 76.9 Å². The maximum atomic E-state index is 5.21. The molecule has 4 aliphatic carbocycles. The summed E-state index contributed by atoms with van der Waals surface area (Å²) in [7, 11) is 0. The highest BCUT2D eigenvalue weighted by Crippen LogP contribution is 2.70. The molecule has 8 heterocycles. The summed E-state index contributed by atoms with van der Waals surface area (Å²) in [4.78, 5) is 14.6. The molecule has 2 aromatic carbocycles. The zero-order valence-electron chi connectivity index (χ0n) is 34.0. The number of nitrogens with zero attached hydrogens (tertiary/aromatic N) is 4. The lowest BCUT2D eigenvalue weighted by atomic mass is 9.18. The number of piperidine rings is 2. The minimum atomic E-state index is 0.463. The molecule has 1 aromatic heterocycles. The summed E-state index contributed by atoms with van der Waals surface area (Å²) in [6.07, 6.45) is 20.8. The minimum Gasteiger partial charge on any atom is -0.365 e. The molecule has 14 rings (SSSR count). The second kappa shape index (κ2) is 12.9. The molecule has 3 saturated carbocycles. The third-order valence-electron chi connectivity index (χ3n) is 18.4. The Morgan fingerprint density at radius 2 is 1.38 bits per heavy atom. The molecule has 7 heteroatoms. The number of nitrogens with one attached hydrogen (secondary N) is 2. The molecule has 7 fully saturated rings. The maximum Gasteiger partial charge on any atom is 0.159 e. The Labute approximate surface area is 345 Å². The van der Waals surface area contributed by atoms with Crippen LogP contribution < -0.4 is 15.5 Å². The molecule has 2 N–H and O–H groups in total. The third kappa shape index (κ3) is 4.51. The van der Waals surface area contributed by atoms with Crippen LogP contribution in [0.5, 0.6) is 0 Å². The molecule has 0 bridgehead atoms. The van der Waals surface area contributed by atoms with Gasteiger partial charge >= 0.3 is 0 Å². The van der Waals surface area contributed by atoms with Crippen LogP contribution in [0.1, 0.15) is 94.2 Å². The molecule has 58 heavy (non-hydrogen) atoms. The summed E-state index contributed by atoms with van der Waals surface area (Å²) in [5, 5.41) is 8.53. The van der Waals surface area contributed by atoms with Gasteiger partial charge in [0.1, 0.15) is 5.82 Å². The number of para-hydroxylation sites is 1. The second-order valence-corrected chi connectivity index (χ2v) is 20.5. The third-order valence-corrected chi connectivity index (χ3v) is 18.4. The summed E-state index contributed by atoms with van der Waals surface area (Å²) in [6.45, 7) is 3.16. The number of fused-ring (bicyclic) bond motifs is 12. The first-order chi connectivity index (χ1) is 28.8. The van der Waals surface area contributed by atoms with Crippen LogP contribution in [-0.2, 0) is 0 Å². The van der Waals surface area contributed by atoms with Crippen LogP contribution in [0.25, 0.3) is 6.08 Å². The van der Waals surface area contributed by atoms with Crippen LogP contribution >= 0.6 is 0 Å². The van der Waals surface area contributed by atoms with E-state index in [1.165, 1.54) is 107 Å². The van der Waals surface area contributed by atoms with E-state index in [4.69, 9.17) is 4.98 Å². The van der Waals surface area contributed by atoms with E-state index in [1.807, 2.05) is 11.1 Å². The molecular weight excluding hydrogens is 707 g/mol. The average molecular weight is 767 g/mol. The van der Waals surface area contributed by atoms with Gasteiger partial charge < -0.3 is 25.3 Å². The van der Waals surface area contributed by atoms with Crippen molar-refractivity contribution < 1.29 is 0 Å². The van der Waals surface area contributed by atoms with Gasteiger partial charge in [0.25, 0.3) is 0 Å². The van der Waals surface area contributed by atoms with Crippen molar-refractivity contribution in [1.82, 2.24) is 25.4 Å². The van der Waals surface area contributed by atoms with Gasteiger partial charge in [-0.1, -0.05) is 80.3 Å². The predicted octanol–water partition coefficient (Wildman–Crippen LogP) is 8.87. The van der Waals surface area contributed by atoms with Crippen molar-refractivity contribution in [2.75, 3.05) is 18.0 Å². The van der Waals surface area contributed by atoms with Crippen LogP contribution in [0.2, 0.25) is 17.5 Å². The summed E-state index contributed by atoms with van der Waals surface area (Å²) in [6, 6.07) is 33.7. The van der Waals surface area contributed by atoms with Crippen LogP contribution in [0, 0.1) is 17.8 Å². The fourth-order valence-corrected chi connectivity index (χ4v) is 17.0. The topological polar surface area (TPSA) is 46.7 Å². The molecule has 7 aliphatic heterocycles. The zero-order chi connectivity index (χ0) is 37.6. The largest absolute Gasteiger partial charge is 0.365 e. The van der Waals surface area contributed by atoms with E-state index in [2.05, 4.69) is 116 Å². The Morgan fingerprint density at radius 1 is 0.621 bits per heavy atom. The summed E-state index contributed by atoms with van der Waals surface area (Å²) in [5.74, 6) is 6.30. The minimum absolute atomic E-state index is 0.463. The molecule has 11 aliphatic rings. The van der Waals surface area contributed by atoms with Gasteiger partial charge in [-0.3, -0.25) is 4.98 Å². The number of allylic oxidation sites excluding steroid dienone is 1. The van der Waals surface area contributed by atoms with Crippen molar-refractivity contribution in [3.05, 3.63) is 125 Å². The van der Waals surface area contributed by atoms with Crippen LogP contribution in [0.4, 0.5) is 5.69 Å². The molecule has 4 saturated heterocycles. The number of rotatable bonds is 3. The van der Waals surface area contributed by atoms with Crippen molar-refractivity contribution in [3.63, 3.8) is 0 Å². The fourth-order valence-electron chi connectivity index (χ4n) is 17.0. The number of aromatic nitrogens is 1. The molecule has 6 nitrogen and oxygen atoms in total. The second-order valence-electron chi connectivity index (χ2n) is 20.5. The smallest absolute Gasteiger partial charge is 0.159 e. The first-order valence-electron chi connectivity index (χ1n) is 23.9. The van der Waals surface area contributed by atoms with Gasteiger partial charge in [0, 0.05) is 83.2 Å². The molecule has 0 amide bonds. The first kappa shape index (κ1) is 34.0. The molecule has 296 valence electrons. The number of hydrogen-bond donors (Lipinski definition) is 2. The van der Waals surface area contributed by atoms with E-state index in [0.717, 1.165) is 18.3 Å². The van der Waals surface area contributed by atoms with Gasteiger partial charge in [0.05, 0.1) is 6.04 Å². The Kier molecular flexibility index (Phi) is 7.53. The Morgan fingerprint density at radius 3 is 2.24 bits per heavy atom. The number of pyridine rings is 1. The highest BCUT2D eigenvalue weighted by molar-refractivity contribution is 6.65. The molecule has 14 unspecified atom stereocenters. The van der Waals surface area contributed by atoms with Crippen molar-refractivity contribution >= 4 is 18.5 Å². The summed E-state index contributed by atoms with van der Waals surface area (Å²) in [5.41, 5.74) is 11.2. The average Bonchev–Trinajstić information content (AvgIpc) is 4.01. The highest BCUT2D eigenvalue weighted by Gasteiger charge is 2.71.